The number of hydrogen-bond donors (Lipinski definition) is 1. The molecule has 0 bridgehead atoms. The molecule has 1 fully saturated rings. The second-order valence-electron chi connectivity index (χ2n) is 12.8. The quantitative estimate of drug-likeness (QED) is 0.155. The number of ether oxygens (including phenoxy) is 1. The Bertz CT molecular complexity index is 1770. The van der Waals surface area contributed by atoms with Crippen molar-refractivity contribution < 1.29 is 22.7 Å². The number of amides is 2. The van der Waals surface area contributed by atoms with Gasteiger partial charge in [0.2, 0.25) is 11.8 Å². The number of carbonyl (C=O) groups is 2. The number of rotatable bonds is 14. The molecule has 2 amide bonds. The summed E-state index contributed by atoms with van der Waals surface area (Å²) in [6.07, 6.45) is 5.33. The topological polar surface area (TPSA) is 96.0 Å². The van der Waals surface area contributed by atoms with E-state index in [1.54, 1.807) is 29.2 Å². The molecule has 49 heavy (non-hydrogen) atoms. The summed E-state index contributed by atoms with van der Waals surface area (Å²) >= 11 is 0. The first-order chi connectivity index (χ1) is 23.6. The minimum atomic E-state index is -4.20. The number of aryl methyl sites for hydroxylation is 2. The van der Waals surface area contributed by atoms with Crippen molar-refractivity contribution in [1.29, 1.82) is 0 Å². The molecular weight excluding hydrogens is 635 g/mol. The van der Waals surface area contributed by atoms with E-state index in [0.29, 0.717) is 18.0 Å². The van der Waals surface area contributed by atoms with Crippen LogP contribution in [0.15, 0.2) is 108 Å². The molecular formula is C40H47N3O5S. The minimum Gasteiger partial charge on any atom is -0.494 e. The maximum Gasteiger partial charge on any atom is 0.264 e. The second-order valence-corrected chi connectivity index (χ2v) is 14.7. The monoisotopic (exact) mass is 681 g/mol. The fourth-order valence-electron chi connectivity index (χ4n) is 6.23. The molecule has 0 aromatic heterocycles. The highest BCUT2D eigenvalue weighted by Crippen LogP contribution is 2.27. The molecule has 1 aliphatic carbocycles. The molecule has 1 saturated carbocycles. The van der Waals surface area contributed by atoms with Crippen molar-refractivity contribution >= 4 is 27.5 Å². The van der Waals surface area contributed by atoms with E-state index in [1.807, 2.05) is 87.5 Å². The van der Waals surface area contributed by atoms with Gasteiger partial charge in [0.05, 0.1) is 17.2 Å². The molecule has 9 heteroatoms. The maximum atomic E-state index is 14.7. The van der Waals surface area contributed by atoms with E-state index in [2.05, 4.69) is 5.32 Å². The third kappa shape index (κ3) is 9.50. The molecule has 1 atom stereocenters. The summed E-state index contributed by atoms with van der Waals surface area (Å²) in [6, 6.07) is 29.9. The lowest BCUT2D eigenvalue weighted by atomic mass is 9.94. The van der Waals surface area contributed by atoms with Crippen molar-refractivity contribution in [3.63, 3.8) is 0 Å². The van der Waals surface area contributed by atoms with Crippen LogP contribution in [0.25, 0.3) is 0 Å². The van der Waals surface area contributed by atoms with Gasteiger partial charge in [-0.05, 0) is 81.1 Å². The molecule has 4 aromatic carbocycles. The lowest BCUT2D eigenvalue weighted by Crippen LogP contribution is -2.55. The largest absolute Gasteiger partial charge is 0.494 e. The Kier molecular flexibility index (Phi) is 12.1. The maximum absolute atomic E-state index is 14.7. The van der Waals surface area contributed by atoms with Gasteiger partial charge in [-0.15, -0.1) is 0 Å². The summed E-state index contributed by atoms with van der Waals surface area (Å²) in [7, 11) is -4.20. The average Bonchev–Trinajstić information content (AvgIpc) is 3.11. The molecule has 0 unspecified atom stereocenters. The van der Waals surface area contributed by atoms with Crippen LogP contribution < -0.4 is 14.4 Å². The summed E-state index contributed by atoms with van der Waals surface area (Å²) in [5.41, 5.74) is 4.14. The molecule has 0 spiro atoms. The molecule has 0 radical (unpaired) electrons. The van der Waals surface area contributed by atoms with Crippen LogP contribution in [-0.4, -0.2) is 50.4 Å². The summed E-state index contributed by atoms with van der Waals surface area (Å²) in [6.45, 7) is 5.87. The lowest BCUT2D eigenvalue weighted by molar-refractivity contribution is -0.140. The fourth-order valence-corrected chi connectivity index (χ4v) is 7.64. The smallest absolute Gasteiger partial charge is 0.264 e. The van der Waals surface area contributed by atoms with E-state index in [-0.39, 0.29) is 29.8 Å². The number of anilines is 1. The van der Waals surface area contributed by atoms with Crippen molar-refractivity contribution in [1.82, 2.24) is 10.2 Å². The Balaban J connectivity index is 1.55. The van der Waals surface area contributed by atoms with Crippen molar-refractivity contribution in [3.8, 4) is 5.75 Å². The molecule has 0 saturated heterocycles. The fraction of sp³-hybridized carbons (Fsp3) is 0.350. The van der Waals surface area contributed by atoms with Gasteiger partial charge in [-0.2, -0.15) is 0 Å². The van der Waals surface area contributed by atoms with Crippen LogP contribution in [0.1, 0.15) is 61.3 Å². The van der Waals surface area contributed by atoms with E-state index < -0.39 is 28.5 Å². The third-order valence-corrected chi connectivity index (χ3v) is 10.8. The van der Waals surface area contributed by atoms with Crippen LogP contribution in [0.4, 0.5) is 5.69 Å². The van der Waals surface area contributed by atoms with E-state index in [9.17, 15) is 18.0 Å². The summed E-state index contributed by atoms with van der Waals surface area (Å²) in [5, 5.41) is 3.26. The van der Waals surface area contributed by atoms with Crippen LogP contribution in [0.2, 0.25) is 0 Å². The predicted molar refractivity (Wildman–Crippen MR) is 194 cm³/mol. The molecule has 258 valence electrons. The molecule has 4 aromatic rings. The van der Waals surface area contributed by atoms with Crippen LogP contribution in [0, 0.1) is 13.8 Å². The van der Waals surface area contributed by atoms with Gasteiger partial charge in [0.15, 0.2) is 0 Å². The Morgan fingerprint density at radius 1 is 0.796 bits per heavy atom. The Labute approximate surface area is 291 Å². The van der Waals surface area contributed by atoms with E-state index in [0.717, 1.165) is 58.7 Å². The zero-order valence-electron chi connectivity index (χ0n) is 28.7. The van der Waals surface area contributed by atoms with Crippen LogP contribution in [0.5, 0.6) is 5.75 Å². The first kappa shape index (κ1) is 35.7. The van der Waals surface area contributed by atoms with Gasteiger partial charge < -0.3 is 15.0 Å². The highest BCUT2D eigenvalue weighted by molar-refractivity contribution is 7.92. The van der Waals surface area contributed by atoms with E-state index in [1.165, 1.54) is 12.1 Å². The Hall–Kier alpha value is -4.63. The van der Waals surface area contributed by atoms with Gasteiger partial charge in [-0.3, -0.25) is 13.9 Å². The second kappa shape index (κ2) is 16.7. The number of nitrogens with one attached hydrogen (secondary N) is 1. The Morgan fingerprint density at radius 3 is 2.02 bits per heavy atom. The molecule has 0 aliphatic heterocycles. The average molecular weight is 682 g/mol. The van der Waals surface area contributed by atoms with Gasteiger partial charge in [-0.1, -0.05) is 97.1 Å². The summed E-state index contributed by atoms with van der Waals surface area (Å²) in [5.74, 6) is -0.153. The van der Waals surface area contributed by atoms with Crippen molar-refractivity contribution in [2.45, 2.75) is 82.8 Å². The van der Waals surface area contributed by atoms with E-state index >= 15 is 0 Å². The normalized spacial score (nSPS) is 14.1. The predicted octanol–water partition coefficient (Wildman–Crippen LogP) is 6.99. The van der Waals surface area contributed by atoms with Crippen LogP contribution in [0.3, 0.4) is 0 Å². The van der Waals surface area contributed by atoms with Gasteiger partial charge in [0.1, 0.15) is 18.3 Å². The first-order valence-electron chi connectivity index (χ1n) is 17.2. The molecule has 0 heterocycles. The number of hydrogen-bond acceptors (Lipinski definition) is 5. The number of sulfonamides is 1. The van der Waals surface area contributed by atoms with Crippen LogP contribution in [-0.2, 0) is 32.6 Å². The van der Waals surface area contributed by atoms with E-state index in [4.69, 9.17) is 4.74 Å². The zero-order valence-corrected chi connectivity index (χ0v) is 29.5. The molecule has 8 nitrogen and oxygen atoms in total. The standard InChI is InChI=1S/C40H47N3O5S/c1-4-48-36-23-25-37(26-24-36)49(46,47)43(35-21-17-31(3)18-22-35)29-39(44)42(28-33-19-15-30(2)16-20-33)38(27-32-11-7-5-8-12-32)40(45)41-34-13-9-6-10-14-34/h5,7-8,11-12,15-26,34,38H,4,6,9-10,13-14,27-29H2,1-3H3,(H,41,45)/t38-/m1/s1. The van der Waals surface area contributed by atoms with Crippen molar-refractivity contribution in [3.05, 3.63) is 125 Å². The van der Waals surface area contributed by atoms with Crippen LogP contribution >= 0.6 is 0 Å². The first-order valence-corrected chi connectivity index (χ1v) is 18.6. The molecule has 5 rings (SSSR count). The van der Waals surface area contributed by atoms with Gasteiger partial charge >= 0.3 is 0 Å². The van der Waals surface area contributed by atoms with Crippen molar-refractivity contribution in [2.75, 3.05) is 17.5 Å². The highest BCUT2D eigenvalue weighted by atomic mass is 32.2. The highest BCUT2D eigenvalue weighted by Gasteiger charge is 2.35. The number of nitrogens with zero attached hydrogens (tertiary/aromatic N) is 2. The number of benzene rings is 4. The van der Waals surface area contributed by atoms with Crippen molar-refractivity contribution in [2.24, 2.45) is 0 Å². The minimum absolute atomic E-state index is 0.0327. The zero-order chi connectivity index (χ0) is 34.8. The summed E-state index contributed by atoms with van der Waals surface area (Å²) < 4.78 is 35.3. The molecule has 1 aliphatic rings. The summed E-state index contributed by atoms with van der Waals surface area (Å²) in [4.78, 5) is 30.6. The SMILES string of the molecule is CCOc1ccc(S(=O)(=O)N(CC(=O)N(Cc2ccc(C)cc2)[C@H](Cc2ccccc2)C(=O)NC2CCCCC2)c2ccc(C)cc2)cc1. The van der Waals surface area contributed by atoms with Gasteiger partial charge in [-0.25, -0.2) is 8.42 Å². The molecule has 1 N–H and O–H groups in total. The van der Waals surface area contributed by atoms with Gasteiger partial charge in [0, 0.05) is 19.0 Å². The third-order valence-electron chi connectivity index (χ3n) is 9.02. The van der Waals surface area contributed by atoms with Gasteiger partial charge in [0.25, 0.3) is 10.0 Å². The number of carbonyl (C=O) groups excluding carboxylic acids is 2. The Morgan fingerprint density at radius 2 is 1.41 bits per heavy atom. The lowest BCUT2D eigenvalue weighted by Gasteiger charge is -2.35.